The monoisotopic (exact) mass is 272 g/mol. The summed E-state index contributed by atoms with van der Waals surface area (Å²) in [6, 6.07) is 0.477. The van der Waals surface area contributed by atoms with Gasteiger partial charge in [-0.25, -0.2) is 0 Å². The molecule has 0 amide bonds. The Morgan fingerprint density at radius 3 is 2.74 bits per heavy atom. The zero-order valence-electron chi connectivity index (χ0n) is 13.0. The number of ether oxygens (including phenoxy) is 2. The number of hydrogen-bond acceptors (Lipinski definition) is 4. The second-order valence-corrected chi connectivity index (χ2v) is 5.69. The Kier molecular flexibility index (Phi) is 9.43. The van der Waals surface area contributed by atoms with Gasteiger partial charge in [-0.3, -0.25) is 4.90 Å². The van der Waals surface area contributed by atoms with Gasteiger partial charge >= 0.3 is 0 Å². The van der Waals surface area contributed by atoms with E-state index in [-0.39, 0.29) is 0 Å². The largest absolute Gasteiger partial charge is 0.383 e. The first kappa shape index (κ1) is 16.9. The lowest BCUT2D eigenvalue weighted by Crippen LogP contribution is -2.39. The highest BCUT2D eigenvalue weighted by Crippen LogP contribution is 2.16. The fraction of sp³-hybridized carbons (Fsp3) is 1.00. The summed E-state index contributed by atoms with van der Waals surface area (Å²) in [5.74, 6) is 0.885. The maximum Gasteiger partial charge on any atom is 0.0615 e. The van der Waals surface area contributed by atoms with Gasteiger partial charge in [-0.15, -0.1) is 0 Å². The minimum absolute atomic E-state index is 0.477. The Hall–Kier alpha value is -0.160. The number of rotatable bonds is 10. The molecule has 0 radical (unpaired) electrons. The fourth-order valence-corrected chi connectivity index (χ4v) is 2.86. The average molecular weight is 272 g/mol. The Labute approximate surface area is 118 Å². The number of methoxy groups -OCH3 is 2. The molecule has 1 rings (SSSR count). The lowest BCUT2D eigenvalue weighted by Gasteiger charge is -2.29. The third-order valence-corrected chi connectivity index (χ3v) is 4.07. The van der Waals surface area contributed by atoms with Crippen LogP contribution in [0.2, 0.25) is 0 Å². The van der Waals surface area contributed by atoms with E-state index in [1.54, 1.807) is 14.2 Å². The molecule has 0 aliphatic carbocycles. The first-order valence-electron chi connectivity index (χ1n) is 7.70. The van der Waals surface area contributed by atoms with Gasteiger partial charge in [0.1, 0.15) is 0 Å². The lowest BCUT2D eigenvalue weighted by molar-refractivity contribution is 0.0730. The zero-order valence-corrected chi connectivity index (χ0v) is 13.0. The van der Waals surface area contributed by atoms with Crippen molar-refractivity contribution >= 4 is 0 Å². The number of nitrogens with zero attached hydrogens (tertiary/aromatic N) is 1. The van der Waals surface area contributed by atoms with Crippen LogP contribution in [-0.4, -0.2) is 64.6 Å². The molecule has 1 saturated heterocycles. The van der Waals surface area contributed by atoms with Crippen LogP contribution < -0.4 is 5.32 Å². The third-order valence-electron chi connectivity index (χ3n) is 4.07. The molecule has 0 saturated carbocycles. The average Bonchev–Trinajstić information content (AvgIpc) is 2.44. The Morgan fingerprint density at radius 1 is 1.26 bits per heavy atom. The van der Waals surface area contributed by atoms with Gasteiger partial charge in [-0.1, -0.05) is 0 Å². The predicted molar refractivity (Wildman–Crippen MR) is 79.6 cm³/mol. The van der Waals surface area contributed by atoms with E-state index in [1.807, 2.05) is 0 Å². The van der Waals surface area contributed by atoms with E-state index in [1.165, 1.54) is 38.8 Å². The van der Waals surface area contributed by atoms with Gasteiger partial charge in [0.05, 0.1) is 13.2 Å². The Morgan fingerprint density at radius 2 is 2.11 bits per heavy atom. The first-order chi connectivity index (χ1) is 9.27. The van der Waals surface area contributed by atoms with Crippen molar-refractivity contribution in [2.24, 2.45) is 5.92 Å². The number of nitrogens with one attached hydrogen (secondary N) is 1. The molecule has 0 aromatic heterocycles. The molecule has 1 aliphatic rings. The van der Waals surface area contributed by atoms with E-state index < -0.39 is 0 Å². The van der Waals surface area contributed by atoms with Crippen LogP contribution in [0.15, 0.2) is 0 Å². The molecular formula is C15H32N2O2. The topological polar surface area (TPSA) is 33.7 Å². The van der Waals surface area contributed by atoms with Crippen molar-refractivity contribution in [2.75, 3.05) is 53.6 Å². The minimum atomic E-state index is 0.477. The summed E-state index contributed by atoms with van der Waals surface area (Å²) in [6.07, 6.45) is 5.37. The van der Waals surface area contributed by atoms with Gasteiger partial charge in [-0.2, -0.15) is 0 Å². The molecule has 0 aromatic carbocycles. The van der Waals surface area contributed by atoms with E-state index in [4.69, 9.17) is 9.47 Å². The lowest BCUT2D eigenvalue weighted by atomic mass is 9.94. The van der Waals surface area contributed by atoms with Crippen molar-refractivity contribution in [1.82, 2.24) is 10.2 Å². The zero-order chi connectivity index (χ0) is 13.9. The molecule has 1 N–H and O–H groups in total. The van der Waals surface area contributed by atoms with Crippen LogP contribution in [0.3, 0.4) is 0 Å². The van der Waals surface area contributed by atoms with Crippen molar-refractivity contribution in [2.45, 2.75) is 38.6 Å². The van der Waals surface area contributed by atoms with Crippen LogP contribution in [0.4, 0.5) is 0 Å². The Balaban J connectivity index is 2.22. The maximum absolute atomic E-state index is 5.27. The van der Waals surface area contributed by atoms with Crippen LogP contribution in [0.25, 0.3) is 0 Å². The summed E-state index contributed by atoms with van der Waals surface area (Å²) in [4.78, 5) is 2.49. The van der Waals surface area contributed by atoms with Crippen molar-refractivity contribution in [3.8, 4) is 0 Å². The van der Waals surface area contributed by atoms with Gasteiger partial charge in [0.25, 0.3) is 0 Å². The second kappa shape index (κ2) is 10.6. The molecule has 19 heavy (non-hydrogen) atoms. The molecule has 0 bridgehead atoms. The van der Waals surface area contributed by atoms with Gasteiger partial charge in [-0.05, 0) is 58.2 Å². The Bertz CT molecular complexity index is 208. The molecule has 2 unspecified atom stereocenters. The first-order valence-corrected chi connectivity index (χ1v) is 7.70. The molecule has 1 aliphatic heterocycles. The molecule has 114 valence electrons. The summed E-state index contributed by atoms with van der Waals surface area (Å²) in [7, 11) is 3.55. The van der Waals surface area contributed by atoms with E-state index in [2.05, 4.69) is 17.1 Å². The molecule has 4 heteroatoms. The van der Waals surface area contributed by atoms with Crippen LogP contribution in [0.5, 0.6) is 0 Å². The molecule has 4 nitrogen and oxygen atoms in total. The SMILES string of the molecule is COCCN(CCCC1CCCNC1)C(C)COC. The molecular weight excluding hydrogens is 240 g/mol. The van der Waals surface area contributed by atoms with Crippen molar-refractivity contribution < 1.29 is 9.47 Å². The molecule has 1 heterocycles. The predicted octanol–water partition coefficient (Wildman–Crippen LogP) is 1.75. The minimum Gasteiger partial charge on any atom is -0.383 e. The summed E-state index contributed by atoms with van der Waals surface area (Å²) in [6.45, 7) is 8.43. The van der Waals surface area contributed by atoms with E-state index in [0.717, 1.165) is 32.2 Å². The molecule has 0 spiro atoms. The van der Waals surface area contributed by atoms with Crippen molar-refractivity contribution in [3.05, 3.63) is 0 Å². The molecule has 1 fully saturated rings. The van der Waals surface area contributed by atoms with E-state index in [9.17, 15) is 0 Å². The van der Waals surface area contributed by atoms with Crippen molar-refractivity contribution in [1.29, 1.82) is 0 Å². The van der Waals surface area contributed by atoms with Crippen LogP contribution in [-0.2, 0) is 9.47 Å². The quantitative estimate of drug-likeness (QED) is 0.657. The highest BCUT2D eigenvalue weighted by Gasteiger charge is 2.16. The van der Waals surface area contributed by atoms with Crippen LogP contribution in [0, 0.1) is 5.92 Å². The fourth-order valence-electron chi connectivity index (χ4n) is 2.86. The normalized spacial score (nSPS) is 21.8. The highest BCUT2D eigenvalue weighted by atomic mass is 16.5. The summed E-state index contributed by atoms with van der Waals surface area (Å²) in [5.41, 5.74) is 0. The van der Waals surface area contributed by atoms with Gasteiger partial charge < -0.3 is 14.8 Å². The van der Waals surface area contributed by atoms with Crippen LogP contribution >= 0.6 is 0 Å². The van der Waals surface area contributed by atoms with E-state index >= 15 is 0 Å². The number of hydrogen-bond donors (Lipinski definition) is 1. The van der Waals surface area contributed by atoms with Gasteiger partial charge in [0.15, 0.2) is 0 Å². The maximum atomic E-state index is 5.27. The summed E-state index contributed by atoms with van der Waals surface area (Å²) >= 11 is 0. The standard InChI is InChI=1S/C15H32N2O2/c1-14(13-19-3)17(10-11-18-2)9-5-7-15-6-4-8-16-12-15/h14-16H,4-13H2,1-3H3. The highest BCUT2D eigenvalue weighted by molar-refractivity contribution is 4.71. The molecule has 2 atom stereocenters. The van der Waals surface area contributed by atoms with Gasteiger partial charge in [0.2, 0.25) is 0 Å². The van der Waals surface area contributed by atoms with E-state index in [0.29, 0.717) is 6.04 Å². The summed E-state index contributed by atoms with van der Waals surface area (Å²) < 4.78 is 10.5. The molecule has 0 aromatic rings. The summed E-state index contributed by atoms with van der Waals surface area (Å²) in [5, 5.41) is 3.50. The smallest absolute Gasteiger partial charge is 0.0615 e. The van der Waals surface area contributed by atoms with Crippen molar-refractivity contribution in [3.63, 3.8) is 0 Å². The van der Waals surface area contributed by atoms with Crippen LogP contribution in [0.1, 0.15) is 32.6 Å². The van der Waals surface area contributed by atoms with Gasteiger partial charge in [0, 0.05) is 26.8 Å². The number of piperidine rings is 1. The third kappa shape index (κ3) is 7.25. The second-order valence-electron chi connectivity index (χ2n) is 5.69.